The van der Waals surface area contributed by atoms with Gasteiger partial charge in [-0.2, -0.15) is 0 Å². The van der Waals surface area contributed by atoms with Crippen LogP contribution in [0.5, 0.6) is 0 Å². The van der Waals surface area contributed by atoms with Gasteiger partial charge in [-0.1, -0.05) is 19.4 Å². The monoisotopic (exact) mass is 400 g/mol. The molecule has 2 aromatic rings. The number of carbonyl (C=O) groups excluding carboxylic acids is 2. The molecule has 3 N–H and O–H groups in total. The summed E-state index contributed by atoms with van der Waals surface area (Å²) < 4.78 is 0. The fourth-order valence-corrected chi connectivity index (χ4v) is 2.50. The molecular weight excluding hydrogens is 380 g/mol. The number of nitrogens with zero attached hydrogens (tertiary/aromatic N) is 1. The molecule has 0 fully saturated rings. The number of unbranched alkanes of at least 4 members (excludes halogenated alkanes) is 1. The van der Waals surface area contributed by atoms with E-state index < -0.39 is 10.8 Å². The third kappa shape index (κ3) is 6.13. The standard InChI is InChI=1S/C19H20N4O4S/c1-2-3-11-20-17(24)14-5-4-6-15(12-14)21-19(28)22-18(25)13-7-9-16(10-8-13)23(26)27/h4-10,12H,2-3,11H2,1H3,(H,20,24)(H2,21,22,25,28). The van der Waals surface area contributed by atoms with Crippen molar-refractivity contribution in [3.8, 4) is 0 Å². The van der Waals surface area contributed by atoms with Crippen molar-refractivity contribution < 1.29 is 14.5 Å². The Morgan fingerprint density at radius 1 is 1.07 bits per heavy atom. The number of non-ortho nitro benzene ring substituents is 1. The molecule has 0 aromatic heterocycles. The fraction of sp³-hybridized carbons (Fsp3) is 0.211. The van der Waals surface area contributed by atoms with Crippen LogP contribution >= 0.6 is 12.2 Å². The molecule has 8 nitrogen and oxygen atoms in total. The van der Waals surface area contributed by atoms with Gasteiger partial charge in [0.15, 0.2) is 5.11 Å². The number of carbonyl (C=O) groups is 2. The number of nitrogens with one attached hydrogen (secondary N) is 3. The van der Waals surface area contributed by atoms with Crippen LogP contribution in [-0.4, -0.2) is 28.4 Å². The highest BCUT2D eigenvalue weighted by atomic mass is 32.1. The van der Waals surface area contributed by atoms with Crippen LogP contribution < -0.4 is 16.0 Å². The van der Waals surface area contributed by atoms with Crippen LogP contribution in [0, 0.1) is 10.1 Å². The molecule has 0 bridgehead atoms. The van der Waals surface area contributed by atoms with Crippen molar-refractivity contribution in [3.63, 3.8) is 0 Å². The first kappa shape index (κ1) is 21.0. The summed E-state index contributed by atoms with van der Waals surface area (Å²) in [6.45, 7) is 2.65. The lowest BCUT2D eigenvalue weighted by atomic mass is 10.2. The van der Waals surface area contributed by atoms with Crippen molar-refractivity contribution in [2.24, 2.45) is 0 Å². The SMILES string of the molecule is CCCCNC(=O)c1cccc(NC(=S)NC(=O)c2ccc([N+](=O)[O-])cc2)c1. The first-order valence-corrected chi connectivity index (χ1v) is 9.06. The largest absolute Gasteiger partial charge is 0.352 e. The van der Waals surface area contributed by atoms with Gasteiger partial charge in [0.05, 0.1) is 4.92 Å². The van der Waals surface area contributed by atoms with Crippen LogP contribution in [0.3, 0.4) is 0 Å². The van der Waals surface area contributed by atoms with Gasteiger partial charge >= 0.3 is 0 Å². The minimum Gasteiger partial charge on any atom is -0.352 e. The Morgan fingerprint density at radius 2 is 1.79 bits per heavy atom. The first-order chi connectivity index (χ1) is 13.4. The van der Waals surface area contributed by atoms with E-state index in [2.05, 4.69) is 16.0 Å². The topological polar surface area (TPSA) is 113 Å². The third-order valence-corrected chi connectivity index (χ3v) is 3.97. The second-order valence-electron chi connectivity index (χ2n) is 5.90. The van der Waals surface area contributed by atoms with E-state index >= 15 is 0 Å². The van der Waals surface area contributed by atoms with Crippen molar-refractivity contribution in [1.82, 2.24) is 10.6 Å². The summed E-state index contributed by atoms with van der Waals surface area (Å²) in [6, 6.07) is 11.9. The summed E-state index contributed by atoms with van der Waals surface area (Å²) in [5.74, 6) is -0.682. The Bertz CT molecular complexity index is 884. The highest BCUT2D eigenvalue weighted by molar-refractivity contribution is 7.80. The fourth-order valence-electron chi connectivity index (χ4n) is 2.29. The predicted octanol–water partition coefficient (Wildman–Crippen LogP) is 3.25. The van der Waals surface area contributed by atoms with E-state index in [1.807, 2.05) is 6.92 Å². The Labute approximate surface area is 167 Å². The molecule has 146 valence electrons. The molecule has 2 aromatic carbocycles. The molecule has 2 rings (SSSR count). The Morgan fingerprint density at radius 3 is 2.43 bits per heavy atom. The number of nitro benzene ring substituents is 1. The van der Waals surface area contributed by atoms with Gasteiger partial charge in [-0.15, -0.1) is 0 Å². The third-order valence-electron chi connectivity index (χ3n) is 3.77. The van der Waals surface area contributed by atoms with Crippen LogP contribution in [-0.2, 0) is 0 Å². The van der Waals surface area contributed by atoms with Crippen molar-refractivity contribution in [3.05, 3.63) is 69.8 Å². The molecule has 0 aliphatic carbocycles. The molecule has 0 saturated heterocycles. The number of benzene rings is 2. The van der Waals surface area contributed by atoms with E-state index in [4.69, 9.17) is 12.2 Å². The van der Waals surface area contributed by atoms with Gasteiger partial charge in [0.2, 0.25) is 0 Å². The second-order valence-corrected chi connectivity index (χ2v) is 6.31. The van der Waals surface area contributed by atoms with Crippen molar-refractivity contribution in [1.29, 1.82) is 0 Å². The maximum atomic E-state index is 12.2. The smallest absolute Gasteiger partial charge is 0.269 e. The average Bonchev–Trinajstić information content (AvgIpc) is 2.68. The van der Waals surface area contributed by atoms with E-state index in [0.29, 0.717) is 17.8 Å². The molecule has 28 heavy (non-hydrogen) atoms. The molecule has 9 heteroatoms. The molecular formula is C19H20N4O4S. The minimum atomic E-state index is -0.542. The number of rotatable bonds is 7. The lowest BCUT2D eigenvalue weighted by molar-refractivity contribution is -0.384. The van der Waals surface area contributed by atoms with E-state index in [0.717, 1.165) is 12.8 Å². The zero-order chi connectivity index (χ0) is 20.5. The molecule has 0 heterocycles. The van der Waals surface area contributed by atoms with E-state index in [1.54, 1.807) is 24.3 Å². The van der Waals surface area contributed by atoms with Crippen LogP contribution in [0.4, 0.5) is 11.4 Å². The lowest BCUT2D eigenvalue weighted by Crippen LogP contribution is -2.34. The number of thiocarbonyl (C=S) groups is 1. The maximum Gasteiger partial charge on any atom is 0.269 e. The molecule has 0 atom stereocenters. The Hall–Kier alpha value is -3.33. The number of nitro groups is 1. The van der Waals surface area contributed by atoms with Gasteiger partial charge in [0.25, 0.3) is 17.5 Å². The maximum absolute atomic E-state index is 12.2. The first-order valence-electron chi connectivity index (χ1n) is 8.65. The Kier molecular flexibility index (Phi) is 7.58. The number of hydrogen-bond donors (Lipinski definition) is 3. The summed E-state index contributed by atoms with van der Waals surface area (Å²) >= 11 is 5.12. The predicted molar refractivity (Wildman–Crippen MR) is 110 cm³/mol. The molecule has 0 unspecified atom stereocenters. The van der Waals surface area contributed by atoms with Crippen molar-refractivity contribution >= 4 is 40.5 Å². The van der Waals surface area contributed by atoms with Gasteiger partial charge in [-0.3, -0.25) is 25.0 Å². The van der Waals surface area contributed by atoms with E-state index in [-0.39, 0.29) is 22.3 Å². The normalized spacial score (nSPS) is 10.0. The summed E-state index contributed by atoms with van der Waals surface area (Å²) in [5, 5.41) is 18.9. The highest BCUT2D eigenvalue weighted by Gasteiger charge is 2.11. The minimum absolute atomic E-state index is 0.0480. The van der Waals surface area contributed by atoms with Gasteiger partial charge in [-0.05, 0) is 49.0 Å². The Balaban J connectivity index is 1.95. The molecule has 2 amide bonds. The summed E-state index contributed by atoms with van der Waals surface area (Å²) in [4.78, 5) is 34.4. The molecule has 0 radical (unpaired) electrons. The lowest BCUT2D eigenvalue weighted by Gasteiger charge is -2.11. The molecule has 0 aliphatic heterocycles. The van der Waals surface area contributed by atoms with Gasteiger partial charge in [0, 0.05) is 35.5 Å². The van der Waals surface area contributed by atoms with Gasteiger partial charge in [-0.25, -0.2) is 0 Å². The van der Waals surface area contributed by atoms with Crippen molar-refractivity contribution in [2.75, 3.05) is 11.9 Å². The number of amides is 2. The van der Waals surface area contributed by atoms with E-state index in [9.17, 15) is 19.7 Å². The van der Waals surface area contributed by atoms with Crippen LogP contribution in [0.15, 0.2) is 48.5 Å². The second kappa shape index (κ2) is 10.1. The van der Waals surface area contributed by atoms with E-state index in [1.165, 1.54) is 24.3 Å². The number of hydrogen-bond acceptors (Lipinski definition) is 5. The summed E-state index contributed by atoms with van der Waals surface area (Å²) in [6.07, 6.45) is 1.90. The van der Waals surface area contributed by atoms with Gasteiger partial charge < -0.3 is 10.6 Å². The van der Waals surface area contributed by atoms with Crippen molar-refractivity contribution in [2.45, 2.75) is 19.8 Å². The zero-order valence-electron chi connectivity index (χ0n) is 15.2. The quantitative estimate of drug-likeness (QED) is 0.285. The van der Waals surface area contributed by atoms with Crippen LogP contribution in [0.2, 0.25) is 0 Å². The highest BCUT2D eigenvalue weighted by Crippen LogP contribution is 2.13. The summed E-state index contributed by atoms with van der Waals surface area (Å²) in [5.41, 5.74) is 1.16. The number of anilines is 1. The average molecular weight is 400 g/mol. The zero-order valence-corrected chi connectivity index (χ0v) is 16.0. The molecule has 0 saturated carbocycles. The molecule has 0 aliphatic rings. The van der Waals surface area contributed by atoms with Crippen LogP contribution in [0.25, 0.3) is 0 Å². The van der Waals surface area contributed by atoms with Gasteiger partial charge in [0.1, 0.15) is 0 Å². The summed E-state index contributed by atoms with van der Waals surface area (Å²) in [7, 11) is 0. The molecule has 0 spiro atoms. The van der Waals surface area contributed by atoms with Crippen LogP contribution in [0.1, 0.15) is 40.5 Å².